The zero-order valence-electron chi connectivity index (χ0n) is 21.8. The van der Waals surface area contributed by atoms with Crippen LogP contribution < -0.4 is 19.5 Å². The maximum Gasteiger partial charge on any atom is 0.245 e. The van der Waals surface area contributed by atoms with Crippen LogP contribution in [0.5, 0.6) is 17.2 Å². The first-order valence-electron chi connectivity index (χ1n) is 13.1. The molecule has 2 amide bonds. The third-order valence-electron chi connectivity index (χ3n) is 7.72. The van der Waals surface area contributed by atoms with E-state index >= 15 is 0 Å². The molecule has 1 aromatic rings. The van der Waals surface area contributed by atoms with Gasteiger partial charge in [0.1, 0.15) is 12.2 Å². The van der Waals surface area contributed by atoms with E-state index < -0.39 is 12.2 Å². The number of fused-ring (bicyclic) bond motifs is 1. The van der Waals surface area contributed by atoms with E-state index in [1.54, 1.807) is 21.3 Å². The summed E-state index contributed by atoms with van der Waals surface area (Å²) in [7, 11) is 4.76. The molecule has 1 N–H and O–H groups in total. The van der Waals surface area contributed by atoms with Crippen LogP contribution in [0, 0.1) is 11.8 Å². The number of nitrogens with one attached hydrogen (secondary N) is 1. The minimum absolute atomic E-state index is 0.0676. The van der Waals surface area contributed by atoms with Crippen molar-refractivity contribution < 1.29 is 23.8 Å². The number of benzene rings is 1. The Hall–Kier alpha value is -2.48. The van der Waals surface area contributed by atoms with Crippen molar-refractivity contribution in [2.75, 3.05) is 34.4 Å². The molecule has 4 unspecified atom stereocenters. The van der Waals surface area contributed by atoms with Crippen molar-refractivity contribution in [3.05, 3.63) is 17.7 Å². The summed E-state index contributed by atoms with van der Waals surface area (Å²) in [5.74, 6) is 1.91. The number of hydrogen-bond acceptors (Lipinski definition) is 6. The standard InChI is InChI=1S/C27H41N3O5/c1-17(2)14-21(27(32)29-12-8-9-13-29)30-25(28-20-11-7-6-10-19(20)26(30)31)18-15-22(33-3)24(35-5)23(16-18)34-4/h15-17,19-21,25,28H,6-14H2,1-5H3. The van der Waals surface area contributed by atoms with Crippen LogP contribution in [0.15, 0.2) is 12.1 Å². The van der Waals surface area contributed by atoms with Crippen molar-refractivity contribution in [2.24, 2.45) is 11.8 Å². The van der Waals surface area contributed by atoms with Gasteiger partial charge in [0.15, 0.2) is 11.5 Å². The number of amides is 2. The van der Waals surface area contributed by atoms with E-state index in [1.165, 1.54) is 0 Å². The summed E-state index contributed by atoms with van der Waals surface area (Å²) in [6.07, 6.45) is 6.19. The molecule has 1 aliphatic carbocycles. The van der Waals surface area contributed by atoms with Gasteiger partial charge >= 0.3 is 0 Å². The molecule has 4 rings (SSSR count). The lowest BCUT2D eigenvalue weighted by Crippen LogP contribution is -2.64. The Balaban J connectivity index is 1.80. The fraction of sp³-hybridized carbons (Fsp3) is 0.704. The van der Waals surface area contributed by atoms with Gasteiger partial charge in [-0.25, -0.2) is 0 Å². The van der Waals surface area contributed by atoms with Gasteiger partial charge in [0.05, 0.1) is 27.2 Å². The number of hydrogen-bond donors (Lipinski definition) is 1. The average Bonchev–Trinajstić information content (AvgIpc) is 3.41. The monoisotopic (exact) mass is 487 g/mol. The van der Waals surface area contributed by atoms with Gasteiger partial charge in [0, 0.05) is 19.1 Å². The van der Waals surface area contributed by atoms with E-state index in [0.717, 1.165) is 57.2 Å². The molecule has 0 bridgehead atoms. The molecular formula is C27H41N3O5. The fourth-order valence-electron chi connectivity index (χ4n) is 6.01. The quantitative estimate of drug-likeness (QED) is 0.602. The van der Waals surface area contributed by atoms with Crippen LogP contribution >= 0.6 is 0 Å². The van der Waals surface area contributed by atoms with Gasteiger partial charge < -0.3 is 24.0 Å². The highest BCUT2D eigenvalue weighted by Gasteiger charge is 2.48. The Kier molecular flexibility index (Phi) is 8.09. The first kappa shape index (κ1) is 25.6. The van der Waals surface area contributed by atoms with Crippen molar-refractivity contribution in [1.82, 2.24) is 15.1 Å². The number of nitrogens with zero attached hydrogens (tertiary/aromatic N) is 2. The SMILES string of the molecule is COc1cc(C2NC3CCCCC3C(=O)N2C(CC(C)C)C(=O)N2CCCC2)cc(OC)c1OC. The second kappa shape index (κ2) is 11.1. The Bertz CT molecular complexity index is 889. The molecule has 0 radical (unpaired) electrons. The van der Waals surface area contributed by atoms with Crippen LogP contribution in [0.4, 0.5) is 0 Å². The van der Waals surface area contributed by atoms with Gasteiger partial charge in [-0.15, -0.1) is 0 Å². The highest BCUT2D eigenvalue weighted by atomic mass is 16.5. The topological polar surface area (TPSA) is 80.3 Å². The molecular weight excluding hydrogens is 446 g/mol. The molecule has 0 aromatic heterocycles. The van der Waals surface area contributed by atoms with Crippen LogP contribution in [-0.4, -0.2) is 68.1 Å². The number of carbonyl (C=O) groups excluding carboxylic acids is 2. The molecule has 3 aliphatic rings. The van der Waals surface area contributed by atoms with Crippen molar-refractivity contribution in [3.63, 3.8) is 0 Å². The van der Waals surface area contributed by atoms with Crippen molar-refractivity contribution in [3.8, 4) is 17.2 Å². The number of methoxy groups -OCH3 is 3. The van der Waals surface area contributed by atoms with Gasteiger partial charge in [0.25, 0.3) is 0 Å². The fourth-order valence-corrected chi connectivity index (χ4v) is 6.01. The number of ether oxygens (including phenoxy) is 3. The number of rotatable bonds is 8. The maximum atomic E-state index is 14.1. The van der Waals surface area contributed by atoms with Crippen LogP contribution in [0.1, 0.15) is 70.5 Å². The number of likely N-dealkylation sites (tertiary alicyclic amines) is 1. The van der Waals surface area contributed by atoms with Crippen molar-refractivity contribution in [1.29, 1.82) is 0 Å². The Morgan fingerprint density at radius 3 is 2.20 bits per heavy atom. The number of carbonyl (C=O) groups is 2. The van der Waals surface area contributed by atoms with Gasteiger partial charge in [-0.3, -0.25) is 14.9 Å². The van der Waals surface area contributed by atoms with E-state index in [0.29, 0.717) is 23.7 Å². The Morgan fingerprint density at radius 2 is 1.63 bits per heavy atom. The lowest BCUT2D eigenvalue weighted by molar-refractivity contribution is -0.159. The summed E-state index contributed by atoms with van der Waals surface area (Å²) >= 11 is 0. The molecule has 2 heterocycles. The normalized spacial score (nSPS) is 25.4. The highest BCUT2D eigenvalue weighted by molar-refractivity contribution is 5.90. The summed E-state index contributed by atoms with van der Waals surface area (Å²) in [5, 5.41) is 3.77. The third kappa shape index (κ3) is 5.08. The van der Waals surface area contributed by atoms with Gasteiger partial charge in [0.2, 0.25) is 17.6 Å². The van der Waals surface area contributed by atoms with Crippen LogP contribution in [0.2, 0.25) is 0 Å². The van der Waals surface area contributed by atoms with Gasteiger partial charge in [-0.2, -0.15) is 0 Å². The lowest BCUT2D eigenvalue weighted by Gasteiger charge is -2.49. The molecule has 0 spiro atoms. The zero-order chi connectivity index (χ0) is 25.1. The summed E-state index contributed by atoms with van der Waals surface area (Å²) in [6, 6.07) is 3.38. The molecule has 8 heteroatoms. The first-order chi connectivity index (χ1) is 16.9. The average molecular weight is 488 g/mol. The summed E-state index contributed by atoms with van der Waals surface area (Å²) in [5.41, 5.74) is 0.833. The van der Waals surface area contributed by atoms with Crippen molar-refractivity contribution in [2.45, 2.75) is 77.0 Å². The third-order valence-corrected chi connectivity index (χ3v) is 7.72. The summed E-state index contributed by atoms with van der Waals surface area (Å²) in [4.78, 5) is 31.8. The maximum absolute atomic E-state index is 14.1. The van der Waals surface area contributed by atoms with Crippen molar-refractivity contribution >= 4 is 11.8 Å². The first-order valence-corrected chi connectivity index (χ1v) is 13.1. The van der Waals surface area contributed by atoms with Crippen LogP contribution in [-0.2, 0) is 9.59 Å². The molecule has 1 aromatic carbocycles. The van der Waals surface area contributed by atoms with E-state index in [-0.39, 0.29) is 29.7 Å². The summed E-state index contributed by atoms with van der Waals surface area (Å²) in [6.45, 7) is 5.77. The molecule has 3 fully saturated rings. The second-order valence-corrected chi connectivity index (χ2v) is 10.4. The molecule has 2 saturated heterocycles. The molecule has 194 valence electrons. The van der Waals surface area contributed by atoms with E-state index in [9.17, 15) is 9.59 Å². The van der Waals surface area contributed by atoms with Gasteiger partial charge in [-0.05, 0) is 55.7 Å². The Morgan fingerprint density at radius 1 is 1.00 bits per heavy atom. The minimum Gasteiger partial charge on any atom is -0.493 e. The van der Waals surface area contributed by atoms with Crippen LogP contribution in [0.25, 0.3) is 0 Å². The van der Waals surface area contributed by atoms with Gasteiger partial charge in [-0.1, -0.05) is 26.7 Å². The largest absolute Gasteiger partial charge is 0.493 e. The Labute approximate surface area is 209 Å². The molecule has 2 aliphatic heterocycles. The van der Waals surface area contributed by atoms with E-state index in [4.69, 9.17) is 14.2 Å². The molecule has 35 heavy (non-hydrogen) atoms. The smallest absolute Gasteiger partial charge is 0.245 e. The second-order valence-electron chi connectivity index (χ2n) is 10.4. The minimum atomic E-state index is -0.514. The van der Waals surface area contributed by atoms with Crippen LogP contribution in [0.3, 0.4) is 0 Å². The predicted molar refractivity (Wildman–Crippen MR) is 134 cm³/mol. The summed E-state index contributed by atoms with van der Waals surface area (Å²) < 4.78 is 16.8. The highest BCUT2D eigenvalue weighted by Crippen LogP contribution is 2.43. The lowest BCUT2D eigenvalue weighted by atomic mass is 9.80. The molecule has 4 atom stereocenters. The van der Waals surface area contributed by atoms with E-state index in [1.807, 2.05) is 21.9 Å². The van der Waals surface area contributed by atoms with E-state index in [2.05, 4.69) is 19.2 Å². The molecule has 1 saturated carbocycles. The molecule has 8 nitrogen and oxygen atoms in total. The zero-order valence-corrected chi connectivity index (χ0v) is 21.8. The predicted octanol–water partition coefficient (Wildman–Crippen LogP) is 3.74.